The lowest BCUT2D eigenvalue weighted by atomic mass is 10.1. The number of halogens is 2. The quantitative estimate of drug-likeness (QED) is 0.896. The molecule has 0 aromatic heterocycles. The number of amides is 2. The summed E-state index contributed by atoms with van der Waals surface area (Å²) in [5, 5.41) is 2.04. The molecule has 1 heterocycles. The van der Waals surface area contributed by atoms with Gasteiger partial charge in [-0.1, -0.05) is 6.07 Å². The molecule has 4 nitrogen and oxygen atoms in total. The fourth-order valence-electron chi connectivity index (χ4n) is 2.59. The highest BCUT2D eigenvalue weighted by Crippen LogP contribution is 2.43. The van der Waals surface area contributed by atoms with Crippen LogP contribution in [-0.4, -0.2) is 34.6 Å². The van der Waals surface area contributed by atoms with Gasteiger partial charge in [0.25, 0.3) is 0 Å². The second kappa shape index (κ2) is 6.47. The van der Waals surface area contributed by atoms with E-state index in [9.17, 15) is 18.4 Å². The van der Waals surface area contributed by atoms with E-state index < -0.39 is 17.0 Å². The van der Waals surface area contributed by atoms with E-state index in [0.29, 0.717) is 0 Å². The Labute approximate surface area is 137 Å². The van der Waals surface area contributed by atoms with E-state index >= 15 is 0 Å². The van der Waals surface area contributed by atoms with Gasteiger partial charge in [-0.05, 0) is 25.8 Å². The summed E-state index contributed by atoms with van der Waals surface area (Å²) in [6.07, 6.45) is 2.20. The summed E-state index contributed by atoms with van der Waals surface area (Å²) in [5.74, 6) is -1.54. The standard InChI is InChI=1S/C16H18F2N2O2S/c1-9-15(22)20(7-6-14(21)19-11-3-4-11)16(23-9)12-5-2-10(17)8-13(12)18/h2,5,8-9,11,16H,3-4,6-7H2,1H3,(H,19,21)/t9-,16+/m0/s1. The molecular formula is C16H18F2N2O2S. The fourth-order valence-corrected chi connectivity index (χ4v) is 3.93. The molecule has 2 aliphatic rings. The van der Waals surface area contributed by atoms with E-state index in [0.717, 1.165) is 18.9 Å². The van der Waals surface area contributed by atoms with Crippen molar-refractivity contribution in [2.75, 3.05) is 6.54 Å². The molecule has 1 aliphatic heterocycles. The monoisotopic (exact) mass is 340 g/mol. The molecule has 1 aromatic carbocycles. The average Bonchev–Trinajstić information content (AvgIpc) is 3.25. The van der Waals surface area contributed by atoms with Crippen molar-refractivity contribution in [3.8, 4) is 0 Å². The molecule has 7 heteroatoms. The van der Waals surface area contributed by atoms with E-state index in [4.69, 9.17) is 0 Å². The lowest BCUT2D eigenvalue weighted by Gasteiger charge is -2.24. The Morgan fingerprint density at radius 1 is 1.39 bits per heavy atom. The first-order valence-corrected chi connectivity index (χ1v) is 8.60. The van der Waals surface area contributed by atoms with Crippen molar-refractivity contribution >= 4 is 23.6 Å². The molecule has 1 saturated heterocycles. The topological polar surface area (TPSA) is 49.4 Å². The third-order valence-corrected chi connectivity index (χ3v) is 5.37. The largest absolute Gasteiger partial charge is 0.353 e. The smallest absolute Gasteiger partial charge is 0.236 e. The Morgan fingerprint density at radius 3 is 2.78 bits per heavy atom. The van der Waals surface area contributed by atoms with Crippen molar-refractivity contribution in [1.29, 1.82) is 0 Å². The minimum atomic E-state index is -0.670. The molecule has 0 spiro atoms. The van der Waals surface area contributed by atoms with Crippen LogP contribution in [0, 0.1) is 11.6 Å². The Hall–Kier alpha value is -1.63. The summed E-state index contributed by atoms with van der Waals surface area (Å²) in [5.41, 5.74) is 0.275. The van der Waals surface area contributed by atoms with Crippen LogP contribution in [-0.2, 0) is 9.59 Å². The lowest BCUT2D eigenvalue weighted by molar-refractivity contribution is -0.130. The molecule has 1 aromatic rings. The predicted molar refractivity (Wildman–Crippen MR) is 83.6 cm³/mol. The zero-order valence-corrected chi connectivity index (χ0v) is 13.5. The number of nitrogens with zero attached hydrogens (tertiary/aromatic N) is 1. The second-order valence-electron chi connectivity index (χ2n) is 5.92. The molecule has 0 bridgehead atoms. The first kappa shape index (κ1) is 16.2. The van der Waals surface area contributed by atoms with Crippen molar-refractivity contribution in [3.63, 3.8) is 0 Å². The Bertz CT molecular complexity index is 637. The van der Waals surface area contributed by atoms with Crippen LogP contribution in [0.25, 0.3) is 0 Å². The van der Waals surface area contributed by atoms with Gasteiger partial charge >= 0.3 is 0 Å². The summed E-state index contributed by atoms with van der Waals surface area (Å²) in [6, 6.07) is 3.65. The van der Waals surface area contributed by atoms with Crippen LogP contribution in [0.3, 0.4) is 0 Å². The number of carbonyl (C=O) groups excluding carboxylic acids is 2. The van der Waals surface area contributed by atoms with Crippen molar-refractivity contribution in [1.82, 2.24) is 10.2 Å². The normalized spacial score (nSPS) is 24.1. The maximum atomic E-state index is 14.0. The number of carbonyl (C=O) groups is 2. The minimum absolute atomic E-state index is 0.0943. The molecule has 23 heavy (non-hydrogen) atoms. The summed E-state index contributed by atoms with van der Waals surface area (Å²) >= 11 is 1.31. The Kier molecular flexibility index (Phi) is 4.57. The minimum Gasteiger partial charge on any atom is -0.353 e. The van der Waals surface area contributed by atoms with Gasteiger partial charge in [0.2, 0.25) is 11.8 Å². The van der Waals surface area contributed by atoms with Gasteiger partial charge in [-0.25, -0.2) is 8.78 Å². The number of hydrogen-bond acceptors (Lipinski definition) is 3. The van der Waals surface area contributed by atoms with Gasteiger partial charge in [0.05, 0.1) is 5.25 Å². The Morgan fingerprint density at radius 2 is 2.13 bits per heavy atom. The van der Waals surface area contributed by atoms with Crippen LogP contribution in [0.2, 0.25) is 0 Å². The summed E-state index contributed by atoms with van der Waals surface area (Å²) in [7, 11) is 0. The van der Waals surface area contributed by atoms with E-state index in [1.54, 1.807) is 6.92 Å². The third kappa shape index (κ3) is 3.65. The van der Waals surface area contributed by atoms with Crippen LogP contribution in [0.1, 0.15) is 37.1 Å². The highest BCUT2D eigenvalue weighted by molar-refractivity contribution is 8.01. The van der Waals surface area contributed by atoms with Gasteiger partial charge in [-0.2, -0.15) is 0 Å². The van der Waals surface area contributed by atoms with Crippen LogP contribution in [0.4, 0.5) is 8.78 Å². The van der Waals surface area contributed by atoms with E-state index in [1.807, 2.05) is 0 Å². The van der Waals surface area contributed by atoms with Crippen LogP contribution >= 0.6 is 11.8 Å². The van der Waals surface area contributed by atoms with Gasteiger partial charge in [-0.15, -0.1) is 11.8 Å². The van der Waals surface area contributed by atoms with Crippen molar-refractivity contribution in [2.24, 2.45) is 0 Å². The van der Waals surface area contributed by atoms with Crippen molar-refractivity contribution in [2.45, 2.75) is 42.9 Å². The molecule has 0 unspecified atom stereocenters. The molecule has 1 saturated carbocycles. The Balaban J connectivity index is 1.71. The molecule has 0 radical (unpaired) electrons. The summed E-state index contributed by atoms with van der Waals surface area (Å²) in [6.45, 7) is 1.99. The van der Waals surface area contributed by atoms with Crippen molar-refractivity contribution in [3.05, 3.63) is 35.4 Å². The van der Waals surface area contributed by atoms with Gasteiger partial charge in [-0.3, -0.25) is 9.59 Å². The second-order valence-corrected chi connectivity index (χ2v) is 7.35. The molecule has 2 fully saturated rings. The molecule has 2 amide bonds. The van der Waals surface area contributed by atoms with Gasteiger partial charge in [0, 0.05) is 30.6 Å². The van der Waals surface area contributed by atoms with Crippen LogP contribution in [0.15, 0.2) is 18.2 Å². The molecular weight excluding hydrogens is 322 g/mol. The van der Waals surface area contributed by atoms with E-state index in [1.165, 1.54) is 28.8 Å². The molecule has 124 valence electrons. The van der Waals surface area contributed by atoms with Gasteiger partial charge in [0.1, 0.15) is 17.0 Å². The number of benzene rings is 1. The van der Waals surface area contributed by atoms with Crippen molar-refractivity contribution < 1.29 is 18.4 Å². The van der Waals surface area contributed by atoms with Gasteiger partial charge < -0.3 is 10.2 Å². The number of nitrogens with one attached hydrogen (secondary N) is 1. The number of rotatable bonds is 5. The van der Waals surface area contributed by atoms with E-state index in [-0.39, 0.29) is 41.6 Å². The number of hydrogen-bond donors (Lipinski definition) is 1. The van der Waals surface area contributed by atoms with Crippen LogP contribution in [0.5, 0.6) is 0 Å². The highest BCUT2D eigenvalue weighted by Gasteiger charge is 2.39. The third-order valence-electron chi connectivity index (χ3n) is 4.00. The maximum absolute atomic E-state index is 14.0. The lowest BCUT2D eigenvalue weighted by Crippen LogP contribution is -2.35. The molecule has 2 atom stereocenters. The van der Waals surface area contributed by atoms with Crippen LogP contribution < -0.4 is 5.32 Å². The zero-order chi connectivity index (χ0) is 16.6. The average molecular weight is 340 g/mol. The predicted octanol–water partition coefficient (Wildman–Crippen LogP) is 2.60. The summed E-state index contributed by atoms with van der Waals surface area (Å²) < 4.78 is 27.1. The van der Waals surface area contributed by atoms with E-state index in [2.05, 4.69) is 5.32 Å². The summed E-state index contributed by atoms with van der Waals surface area (Å²) in [4.78, 5) is 25.6. The zero-order valence-electron chi connectivity index (χ0n) is 12.7. The SMILES string of the molecule is C[C@@H]1S[C@H](c2ccc(F)cc2F)N(CCC(=O)NC2CC2)C1=O. The molecule has 3 rings (SSSR count). The van der Waals surface area contributed by atoms with Gasteiger partial charge in [0.15, 0.2) is 0 Å². The molecule has 1 N–H and O–H groups in total. The highest BCUT2D eigenvalue weighted by atomic mass is 32.2. The first-order valence-electron chi connectivity index (χ1n) is 7.66. The molecule has 1 aliphatic carbocycles. The first-order chi connectivity index (χ1) is 11.0. The number of thioether (sulfide) groups is 1. The fraction of sp³-hybridized carbons (Fsp3) is 0.500. The maximum Gasteiger partial charge on any atom is 0.236 e.